The number of ether oxygens (including phenoxy) is 3. The topological polar surface area (TPSA) is 221 Å². The van der Waals surface area contributed by atoms with Gasteiger partial charge in [-0.15, -0.1) is 0 Å². The van der Waals surface area contributed by atoms with E-state index in [4.69, 9.17) is 45.3 Å². The average molecular weight is 577 g/mol. The molecule has 37 heavy (non-hydrogen) atoms. The zero-order chi connectivity index (χ0) is 27.6. The van der Waals surface area contributed by atoms with Crippen LogP contribution in [0.4, 0.5) is 0 Å². The van der Waals surface area contributed by atoms with Gasteiger partial charge in [0.05, 0.1) is 71.1 Å². The first kappa shape index (κ1) is 36.2. The average Bonchev–Trinajstić information content (AvgIpc) is 2.82. The van der Waals surface area contributed by atoms with Crippen LogP contribution in [0.1, 0.15) is 57.8 Å². The maximum atomic E-state index is 10.5. The minimum Gasteiger partial charge on any atom is -0.387 e. The largest absolute Gasteiger partial charge is 0.469 e. The van der Waals surface area contributed by atoms with Crippen LogP contribution in [0, 0.1) is 0 Å². The van der Waals surface area contributed by atoms with Crippen molar-refractivity contribution < 1.29 is 47.4 Å². The molecule has 0 aliphatic carbocycles. The summed E-state index contributed by atoms with van der Waals surface area (Å²) in [5.74, 6) is 1.26. The summed E-state index contributed by atoms with van der Waals surface area (Å²) in [7, 11) is -6.68. The lowest BCUT2D eigenvalue weighted by Crippen LogP contribution is -2.15. The first-order chi connectivity index (χ1) is 17.7. The molecule has 16 heteroatoms. The number of nitrogens with two attached hydrogens (primary N) is 2. The Morgan fingerprint density at radius 3 is 1.70 bits per heavy atom. The highest BCUT2D eigenvalue weighted by atomic mass is 31.2. The number of unbranched alkanes of at least 4 members (excludes halogenated alkanes) is 5. The second kappa shape index (κ2) is 25.5. The van der Waals surface area contributed by atoms with E-state index in [1.807, 2.05) is 0 Å². The molecule has 0 aromatic heterocycles. The Labute approximate surface area is 221 Å². The summed E-state index contributed by atoms with van der Waals surface area (Å²) in [4.78, 5) is 42.9. The van der Waals surface area contributed by atoms with E-state index in [0.29, 0.717) is 64.2 Å². The van der Waals surface area contributed by atoms with Gasteiger partial charge in [0.2, 0.25) is 0 Å². The predicted octanol–water partition coefficient (Wildman–Crippen LogP) is 1.60. The van der Waals surface area contributed by atoms with Gasteiger partial charge >= 0.3 is 16.4 Å². The van der Waals surface area contributed by atoms with Crippen LogP contribution in [0.3, 0.4) is 0 Å². The van der Waals surface area contributed by atoms with E-state index in [2.05, 4.69) is 19.0 Å². The summed E-state index contributed by atoms with van der Waals surface area (Å²) < 4.78 is 35.5. The van der Waals surface area contributed by atoms with E-state index < -0.39 is 16.4 Å². The molecule has 0 unspecified atom stereocenters. The Hall–Kier alpha value is -0.760. The molecule has 0 aliphatic rings. The zero-order valence-electron chi connectivity index (χ0n) is 21.6. The molecule has 0 aliphatic heterocycles. The van der Waals surface area contributed by atoms with Crippen molar-refractivity contribution in [1.82, 2.24) is 0 Å². The molecule has 0 fully saturated rings. The van der Waals surface area contributed by atoms with Crippen molar-refractivity contribution in [3.05, 3.63) is 0 Å². The third-order valence-electron chi connectivity index (χ3n) is 4.72. The van der Waals surface area contributed by atoms with Gasteiger partial charge in [-0.05, 0) is 25.7 Å². The standard InChI is InChI=1S/C21H46N4O10P2/c22-20(24-10-6-1-2-7-12-35-37(28,29)30)8-4-3-5-9-21(23)25-11-13-31-14-15-32-16-17-33-18-19-34-36(26)27/h26-27H,1-19H2,(H2,22,24)(H2,23,25)(H2,28,29,30). The van der Waals surface area contributed by atoms with Gasteiger partial charge in [0.15, 0.2) is 0 Å². The molecule has 0 heterocycles. The maximum Gasteiger partial charge on any atom is 0.469 e. The summed E-state index contributed by atoms with van der Waals surface area (Å²) in [5.41, 5.74) is 11.9. The highest BCUT2D eigenvalue weighted by molar-refractivity contribution is 7.46. The molecule has 0 saturated carbocycles. The fourth-order valence-corrected chi connectivity index (χ4v) is 3.50. The van der Waals surface area contributed by atoms with Gasteiger partial charge in [-0.2, -0.15) is 0 Å². The van der Waals surface area contributed by atoms with E-state index in [9.17, 15) is 4.57 Å². The van der Waals surface area contributed by atoms with E-state index in [0.717, 1.165) is 51.4 Å². The molecule has 0 saturated heterocycles. The second-order valence-electron chi connectivity index (χ2n) is 7.97. The molecule has 8 N–H and O–H groups in total. The number of hydrogen-bond donors (Lipinski definition) is 6. The van der Waals surface area contributed by atoms with Gasteiger partial charge in [0.1, 0.15) is 0 Å². The van der Waals surface area contributed by atoms with Gasteiger partial charge in [0, 0.05) is 19.4 Å². The molecule has 0 rings (SSSR count). The number of amidine groups is 2. The van der Waals surface area contributed by atoms with Gasteiger partial charge < -0.3 is 49.8 Å². The summed E-state index contributed by atoms with van der Waals surface area (Å²) in [5, 5.41) is 0. The van der Waals surface area contributed by atoms with Crippen molar-refractivity contribution in [3.63, 3.8) is 0 Å². The van der Waals surface area contributed by atoms with E-state index in [-0.39, 0.29) is 19.8 Å². The molecule has 0 radical (unpaired) electrons. The zero-order valence-corrected chi connectivity index (χ0v) is 23.4. The molecule has 14 nitrogen and oxygen atoms in total. The van der Waals surface area contributed by atoms with Crippen LogP contribution < -0.4 is 11.5 Å². The van der Waals surface area contributed by atoms with E-state index in [1.165, 1.54) is 0 Å². The molecule has 0 aromatic rings. The normalized spacial score (nSPS) is 13.1. The highest BCUT2D eigenvalue weighted by Gasteiger charge is 2.12. The molecule has 0 amide bonds. The van der Waals surface area contributed by atoms with Crippen molar-refractivity contribution in [1.29, 1.82) is 0 Å². The molecular weight excluding hydrogens is 530 g/mol. The van der Waals surface area contributed by atoms with Crippen molar-refractivity contribution in [2.75, 3.05) is 65.9 Å². The van der Waals surface area contributed by atoms with Gasteiger partial charge in [-0.3, -0.25) is 14.5 Å². The molecule has 0 aromatic carbocycles. The van der Waals surface area contributed by atoms with Crippen molar-refractivity contribution in [2.45, 2.75) is 57.8 Å². The third-order valence-corrected chi connectivity index (χ3v) is 5.65. The van der Waals surface area contributed by atoms with Gasteiger partial charge in [-0.25, -0.2) is 4.57 Å². The minimum absolute atomic E-state index is 0.0611. The van der Waals surface area contributed by atoms with Crippen LogP contribution in [0.25, 0.3) is 0 Å². The Balaban J connectivity index is 3.45. The molecule has 0 atom stereocenters. The molecule has 220 valence electrons. The number of aliphatic imine (C=N–C) groups is 2. The van der Waals surface area contributed by atoms with Crippen molar-refractivity contribution in [2.24, 2.45) is 21.5 Å². The van der Waals surface area contributed by atoms with E-state index >= 15 is 0 Å². The van der Waals surface area contributed by atoms with E-state index in [1.54, 1.807) is 0 Å². The van der Waals surface area contributed by atoms with Gasteiger partial charge in [0.25, 0.3) is 0 Å². The number of rotatable bonds is 27. The summed E-state index contributed by atoms with van der Waals surface area (Å²) in [6, 6.07) is 0. The highest BCUT2D eigenvalue weighted by Crippen LogP contribution is 2.35. The number of phosphoric acid groups is 1. The molecule has 0 bridgehead atoms. The fraction of sp³-hybridized carbons (Fsp3) is 0.905. The van der Waals surface area contributed by atoms with Crippen LogP contribution in [-0.4, -0.2) is 97.2 Å². The Bertz CT molecular complexity index is 638. The first-order valence-corrected chi connectivity index (χ1v) is 15.2. The Morgan fingerprint density at radius 1 is 0.649 bits per heavy atom. The molecular formula is C21H46N4O10P2. The fourth-order valence-electron chi connectivity index (χ4n) is 2.89. The van der Waals surface area contributed by atoms with Crippen molar-refractivity contribution in [3.8, 4) is 0 Å². The number of hydrogen-bond acceptors (Lipinski definition) is 10. The number of nitrogens with zero attached hydrogens (tertiary/aromatic N) is 2. The van der Waals surface area contributed by atoms with Crippen LogP contribution in [-0.2, 0) is 27.8 Å². The maximum absolute atomic E-state index is 10.5. The lowest BCUT2D eigenvalue weighted by molar-refractivity contribution is 0.00994. The quantitative estimate of drug-likeness (QED) is 0.0355. The second-order valence-corrected chi connectivity index (χ2v) is 9.97. The SMILES string of the molecule is NC(CCCCCC(N)=NCCOCCOCCOCCOP(O)O)=NCCCCCCOP(=O)(O)O. The molecule has 0 spiro atoms. The lowest BCUT2D eigenvalue weighted by atomic mass is 10.1. The Kier molecular flexibility index (Phi) is 25.0. The predicted molar refractivity (Wildman–Crippen MR) is 142 cm³/mol. The van der Waals surface area contributed by atoms with Crippen LogP contribution >= 0.6 is 16.4 Å². The van der Waals surface area contributed by atoms with Gasteiger partial charge in [-0.1, -0.05) is 19.3 Å². The van der Waals surface area contributed by atoms with Crippen LogP contribution in [0.5, 0.6) is 0 Å². The summed E-state index contributed by atoms with van der Waals surface area (Å²) in [6.07, 6.45) is 7.56. The third kappa shape index (κ3) is 31.4. The van der Waals surface area contributed by atoms with Crippen LogP contribution in [0.15, 0.2) is 9.98 Å². The van der Waals surface area contributed by atoms with Crippen molar-refractivity contribution >= 4 is 28.1 Å². The summed E-state index contributed by atoms with van der Waals surface area (Å²) in [6.45, 7) is 3.80. The number of phosphoric ester groups is 1. The Morgan fingerprint density at radius 2 is 1.14 bits per heavy atom. The lowest BCUT2D eigenvalue weighted by Gasteiger charge is -2.07. The first-order valence-electron chi connectivity index (χ1n) is 12.5. The van der Waals surface area contributed by atoms with Crippen LogP contribution in [0.2, 0.25) is 0 Å². The minimum atomic E-state index is -4.35. The smallest absolute Gasteiger partial charge is 0.387 e. The monoisotopic (exact) mass is 576 g/mol. The summed E-state index contributed by atoms with van der Waals surface area (Å²) >= 11 is 0.